The monoisotopic (exact) mass is 398 g/mol. The van der Waals surface area contributed by atoms with Crippen LogP contribution >= 0.6 is 11.3 Å². The molecule has 0 aliphatic carbocycles. The Morgan fingerprint density at radius 1 is 1.29 bits per heavy atom. The lowest BCUT2D eigenvalue weighted by Crippen LogP contribution is -2.33. The van der Waals surface area contributed by atoms with E-state index in [2.05, 4.69) is 16.5 Å². The van der Waals surface area contributed by atoms with E-state index in [1.54, 1.807) is 29.7 Å². The summed E-state index contributed by atoms with van der Waals surface area (Å²) in [6, 6.07) is 7.97. The van der Waals surface area contributed by atoms with Crippen molar-refractivity contribution in [1.82, 2.24) is 19.7 Å². The highest BCUT2D eigenvalue weighted by atomic mass is 32.1. The lowest BCUT2D eigenvalue weighted by Gasteiger charge is -2.08. The number of thiophene rings is 1. The van der Waals surface area contributed by atoms with Crippen molar-refractivity contribution >= 4 is 38.4 Å². The summed E-state index contributed by atoms with van der Waals surface area (Å²) in [6.45, 7) is 4.78. The molecule has 1 N–H and O–H groups in total. The predicted octanol–water partition coefficient (Wildman–Crippen LogP) is 3.20. The molecule has 0 aliphatic rings. The highest BCUT2D eigenvalue weighted by Gasteiger charge is 2.18. The van der Waals surface area contributed by atoms with Crippen LogP contribution in [-0.4, -0.2) is 20.3 Å². The fourth-order valence-corrected chi connectivity index (χ4v) is 4.38. The Bertz CT molecular complexity index is 1240. The van der Waals surface area contributed by atoms with Gasteiger partial charge in [0.25, 0.3) is 5.56 Å². The van der Waals surface area contributed by atoms with Crippen molar-refractivity contribution in [1.29, 1.82) is 0 Å². The van der Waals surface area contributed by atoms with Gasteiger partial charge in [-0.15, -0.1) is 11.3 Å². The minimum atomic E-state index is -0.328. The molecule has 1 aromatic carbocycles. The third-order valence-electron chi connectivity index (χ3n) is 4.67. The van der Waals surface area contributed by atoms with Crippen LogP contribution in [0.5, 0.6) is 0 Å². The van der Waals surface area contributed by atoms with Gasteiger partial charge in [0.15, 0.2) is 0 Å². The molecule has 6 nitrogen and oxygen atoms in total. The number of hydrogen-bond donors (Lipinski definition) is 1. The van der Waals surface area contributed by atoms with Gasteiger partial charge in [-0.1, -0.05) is 12.1 Å². The van der Waals surface area contributed by atoms with Crippen molar-refractivity contribution < 1.29 is 9.18 Å². The molecule has 0 unspecified atom stereocenters. The number of carbonyl (C=O) groups is 1. The molecule has 0 saturated heterocycles. The van der Waals surface area contributed by atoms with E-state index < -0.39 is 0 Å². The summed E-state index contributed by atoms with van der Waals surface area (Å²) in [5.74, 6) is -0.654. The number of hydrogen-bond acceptors (Lipinski definition) is 4. The van der Waals surface area contributed by atoms with Gasteiger partial charge in [0, 0.05) is 23.4 Å². The fourth-order valence-electron chi connectivity index (χ4n) is 3.36. The zero-order valence-electron chi connectivity index (χ0n) is 15.5. The highest BCUT2D eigenvalue weighted by Crippen LogP contribution is 2.33. The Morgan fingerprint density at radius 2 is 2.04 bits per heavy atom. The highest BCUT2D eigenvalue weighted by molar-refractivity contribution is 7.20. The van der Waals surface area contributed by atoms with Gasteiger partial charge in [0.2, 0.25) is 5.91 Å². The van der Waals surface area contributed by atoms with Crippen LogP contribution in [0.3, 0.4) is 0 Å². The maximum Gasteiger partial charge on any atom is 0.291 e. The minimum Gasteiger partial charge on any atom is -0.350 e. The van der Waals surface area contributed by atoms with E-state index in [0.29, 0.717) is 12.1 Å². The van der Waals surface area contributed by atoms with E-state index >= 15 is 0 Å². The summed E-state index contributed by atoms with van der Waals surface area (Å²) in [5, 5.41) is 7.76. The standard InChI is InChI=1S/C20H19FN4O2S/c1-3-24-16-8-12(2)28-19(16)15-10-23-25(20(27)18(15)24)11-17(26)22-9-13-4-6-14(21)7-5-13/h4-8,10H,3,9,11H2,1-2H3,(H,22,26). The Morgan fingerprint density at radius 3 is 2.75 bits per heavy atom. The van der Waals surface area contributed by atoms with Crippen molar-refractivity contribution in [2.45, 2.75) is 33.5 Å². The molecular weight excluding hydrogens is 379 g/mol. The first-order valence-corrected chi connectivity index (χ1v) is 9.79. The minimum absolute atomic E-state index is 0.169. The number of nitrogens with one attached hydrogen (secondary N) is 1. The predicted molar refractivity (Wildman–Crippen MR) is 108 cm³/mol. The van der Waals surface area contributed by atoms with Gasteiger partial charge in [-0.3, -0.25) is 9.59 Å². The molecule has 0 radical (unpaired) electrons. The van der Waals surface area contributed by atoms with Crippen LogP contribution in [0.2, 0.25) is 0 Å². The summed E-state index contributed by atoms with van der Waals surface area (Å²) in [4.78, 5) is 26.4. The van der Waals surface area contributed by atoms with Crippen LogP contribution in [0.15, 0.2) is 41.3 Å². The summed E-state index contributed by atoms with van der Waals surface area (Å²) in [7, 11) is 0. The molecule has 0 spiro atoms. The van der Waals surface area contributed by atoms with Crippen molar-refractivity contribution in [2.75, 3.05) is 0 Å². The molecule has 3 heterocycles. The van der Waals surface area contributed by atoms with Gasteiger partial charge in [0.1, 0.15) is 17.9 Å². The normalized spacial score (nSPS) is 11.4. The molecule has 28 heavy (non-hydrogen) atoms. The largest absolute Gasteiger partial charge is 0.350 e. The average Bonchev–Trinajstić information content (AvgIpc) is 3.18. The molecule has 4 aromatic rings. The van der Waals surface area contributed by atoms with E-state index in [-0.39, 0.29) is 30.4 Å². The molecule has 144 valence electrons. The number of rotatable bonds is 5. The first-order chi connectivity index (χ1) is 13.5. The number of aromatic nitrogens is 3. The Balaban J connectivity index is 1.60. The van der Waals surface area contributed by atoms with Gasteiger partial charge in [-0.25, -0.2) is 9.07 Å². The van der Waals surface area contributed by atoms with Crippen molar-refractivity contribution in [3.8, 4) is 0 Å². The number of nitrogens with zero attached hydrogens (tertiary/aromatic N) is 3. The van der Waals surface area contributed by atoms with Gasteiger partial charge in [0.05, 0.1) is 16.4 Å². The quantitative estimate of drug-likeness (QED) is 0.561. The molecule has 0 fully saturated rings. The average molecular weight is 398 g/mol. The second-order valence-corrected chi connectivity index (χ2v) is 7.84. The van der Waals surface area contributed by atoms with Crippen LogP contribution in [0.25, 0.3) is 21.1 Å². The lowest BCUT2D eigenvalue weighted by molar-refractivity contribution is -0.122. The lowest BCUT2D eigenvalue weighted by atomic mass is 10.2. The van der Waals surface area contributed by atoms with Crippen LogP contribution < -0.4 is 10.9 Å². The molecule has 8 heteroatoms. The number of aryl methyl sites for hydroxylation is 2. The van der Waals surface area contributed by atoms with Crippen molar-refractivity contribution in [3.63, 3.8) is 0 Å². The third kappa shape index (κ3) is 3.20. The Hall–Kier alpha value is -3.00. The summed E-state index contributed by atoms with van der Waals surface area (Å²) >= 11 is 1.64. The van der Waals surface area contributed by atoms with Crippen LogP contribution in [-0.2, 0) is 24.4 Å². The number of carbonyl (C=O) groups excluding carboxylic acids is 1. The maximum atomic E-state index is 13.0. The molecule has 3 aromatic heterocycles. The van der Waals surface area contributed by atoms with Gasteiger partial charge in [-0.2, -0.15) is 5.10 Å². The topological polar surface area (TPSA) is 68.9 Å². The molecule has 0 saturated carbocycles. The molecule has 0 atom stereocenters. The van der Waals surface area contributed by atoms with Crippen LogP contribution in [0.1, 0.15) is 17.4 Å². The van der Waals surface area contributed by atoms with Crippen LogP contribution in [0.4, 0.5) is 4.39 Å². The second-order valence-electron chi connectivity index (χ2n) is 6.59. The first-order valence-electron chi connectivity index (χ1n) is 8.97. The number of amides is 1. The van der Waals surface area contributed by atoms with Crippen molar-refractivity contribution in [3.05, 3.63) is 63.1 Å². The SMILES string of the molecule is CCn1c2cc(C)sc2c2cnn(CC(=O)NCc3ccc(F)cc3)c(=O)c21. The van der Waals surface area contributed by atoms with E-state index in [9.17, 15) is 14.0 Å². The van der Waals surface area contributed by atoms with Crippen molar-refractivity contribution in [2.24, 2.45) is 0 Å². The summed E-state index contributed by atoms with van der Waals surface area (Å²) in [5.41, 5.74) is 2.10. The third-order valence-corrected chi connectivity index (χ3v) is 5.74. The number of fused-ring (bicyclic) bond motifs is 3. The molecule has 1 amide bonds. The van der Waals surface area contributed by atoms with E-state index in [1.807, 2.05) is 18.4 Å². The molecular formula is C20H19FN4O2S. The Kier molecular flexibility index (Phi) is 4.72. The smallest absolute Gasteiger partial charge is 0.291 e. The van der Waals surface area contributed by atoms with E-state index in [4.69, 9.17) is 0 Å². The van der Waals surface area contributed by atoms with Gasteiger partial charge >= 0.3 is 0 Å². The van der Waals surface area contributed by atoms with Gasteiger partial charge < -0.3 is 9.88 Å². The molecule has 0 aliphatic heterocycles. The molecule has 4 rings (SSSR count). The zero-order chi connectivity index (χ0) is 19.8. The zero-order valence-corrected chi connectivity index (χ0v) is 16.3. The molecule has 0 bridgehead atoms. The number of benzene rings is 1. The number of halogens is 1. The second kappa shape index (κ2) is 7.20. The Labute approximate surface area is 164 Å². The maximum absolute atomic E-state index is 13.0. The van der Waals surface area contributed by atoms with Crippen LogP contribution in [0, 0.1) is 12.7 Å². The summed E-state index contributed by atoms with van der Waals surface area (Å²) in [6.07, 6.45) is 1.66. The first kappa shape index (κ1) is 18.4. The van der Waals surface area contributed by atoms with E-state index in [1.165, 1.54) is 21.7 Å². The fraction of sp³-hybridized carbons (Fsp3) is 0.250. The van der Waals surface area contributed by atoms with Gasteiger partial charge in [-0.05, 0) is 37.6 Å². The summed E-state index contributed by atoms with van der Waals surface area (Å²) < 4.78 is 17.2. The van der Waals surface area contributed by atoms with E-state index in [0.717, 1.165) is 21.2 Å².